The van der Waals surface area contributed by atoms with Gasteiger partial charge in [0.2, 0.25) is 18.6 Å². The zero-order valence-corrected chi connectivity index (χ0v) is 21.6. The molecule has 11 heteroatoms. The highest BCUT2D eigenvalue weighted by atomic mass is 35.5. The number of amides is 3. The molecule has 1 fully saturated rings. The van der Waals surface area contributed by atoms with E-state index in [0.29, 0.717) is 45.2 Å². The summed E-state index contributed by atoms with van der Waals surface area (Å²) in [6.07, 6.45) is 0.124. The molecule has 3 amide bonds. The van der Waals surface area contributed by atoms with Crippen LogP contribution in [0.4, 0.5) is 11.4 Å². The third-order valence-electron chi connectivity index (χ3n) is 6.12. The van der Waals surface area contributed by atoms with Gasteiger partial charge < -0.3 is 29.7 Å². The Kier molecular flexibility index (Phi) is 7.57. The second-order valence-corrected chi connectivity index (χ2v) is 9.61. The predicted octanol–water partition coefficient (Wildman–Crippen LogP) is 4.41. The number of benzene rings is 3. The van der Waals surface area contributed by atoms with E-state index < -0.39 is 5.92 Å². The Morgan fingerprint density at radius 2 is 1.79 bits per heavy atom. The van der Waals surface area contributed by atoms with Crippen molar-refractivity contribution in [3.8, 4) is 17.2 Å². The van der Waals surface area contributed by atoms with Crippen LogP contribution in [0.15, 0.2) is 60.7 Å². The number of carbonyl (C=O) groups is 3. The molecule has 0 radical (unpaired) electrons. The lowest BCUT2D eigenvalue weighted by Gasteiger charge is -2.17. The first kappa shape index (κ1) is 25.7. The summed E-state index contributed by atoms with van der Waals surface area (Å²) in [6.45, 7) is 0.556. The molecule has 1 saturated heterocycles. The molecule has 2 N–H and O–H groups in total. The topological polar surface area (TPSA) is 106 Å². The second-order valence-electron chi connectivity index (χ2n) is 8.77. The molecule has 5 rings (SSSR count). The summed E-state index contributed by atoms with van der Waals surface area (Å²) < 4.78 is 16.2. The maximum atomic E-state index is 12.7. The van der Waals surface area contributed by atoms with Gasteiger partial charge in [-0.05, 0) is 60.2 Å². The summed E-state index contributed by atoms with van der Waals surface area (Å²) in [5, 5.41) is 6.35. The van der Waals surface area contributed by atoms with Gasteiger partial charge in [-0.1, -0.05) is 29.3 Å². The number of rotatable bonds is 8. The third kappa shape index (κ3) is 5.95. The van der Waals surface area contributed by atoms with Gasteiger partial charge in [0.05, 0.1) is 16.6 Å². The monoisotopic (exact) mass is 555 g/mol. The smallest absolute Gasteiger partial charge is 0.262 e. The van der Waals surface area contributed by atoms with Crippen molar-refractivity contribution in [2.24, 2.45) is 5.92 Å². The molecule has 3 aromatic rings. The summed E-state index contributed by atoms with van der Waals surface area (Å²) in [5.74, 6) is 0.609. The lowest BCUT2D eigenvalue weighted by Crippen LogP contribution is -2.32. The number of ether oxygens (including phenoxy) is 3. The molecule has 1 atom stereocenters. The number of fused-ring (bicyclic) bond motifs is 1. The SMILES string of the molecule is O=C(COc1ccc(N2C[C@@H](C(=O)NCc3ccc4c(c3)OCO4)CC2=O)cc1)Nc1ccc(Cl)cc1Cl. The maximum Gasteiger partial charge on any atom is 0.262 e. The van der Waals surface area contributed by atoms with Crippen LogP contribution in [-0.2, 0) is 20.9 Å². The van der Waals surface area contributed by atoms with Crippen molar-refractivity contribution in [1.29, 1.82) is 0 Å². The lowest BCUT2D eigenvalue weighted by molar-refractivity contribution is -0.126. The summed E-state index contributed by atoms with van der Waals surface area (Å²) >= 11 is 11.9. The number of nitrogens with one attached hydrogen (secondary N) is 2. The van der Waals surface area contributed by atoms with Gasteiger partial charge in [-0.2, -0.15) is 0 Å². The number of hydrogen-bond acceptors (Lipinski definition) is 6. The van der Waals surface area contributed by atoms with E-state index in [-0.39, 0.29) is 44.1 Å². The van der Waals surface area contributed by atoms with Crippen LogP contribution in [0.25, 0.3) is 0 Å². The molecule has 9 nitrogen and oxygen atoms in total. The van der Waals surface area contributed by atoms with Gasteiger partial charge in [-0.25, -0.2) is 0 Å². The van der Waals surface area contributed by atoms with Crippen LogP contribution in [0.2, 0.25) is 10.0 Å². The lowest BCUT2D eigenvalue weighted by atomic mass is 10.1. The third-order valence-corrected chi connectivity index (χ3v) is 6.67. The molecule has 0 aliphatic carbocycles. The van der Waals surface area contributed by atoms with Gasteiger partial charge in [0.1, 0.15) is 5.75 Å². The molecule has 2 aliphatic rings. The average molecular weight is 556 g/mol. The molecule has 0 spiro atoms. The van der Waals surface area contributed by atoms with Crippen LogP contribution in [-0.4, -0.2) is 37.7 Å². The maximum absolute atomic E-state index is 12.7. The Morgan fingerprint density at radius 1 is 1.00 bits per heavy atom. The van der Waals surface area contributed by atoms with Gasteiger partial charge >= 0.3 is 0 Å². The summed E-state index contributed by atoms with van der Waals surface area (Å²) in [6, 6.07) is 17.0. The van der Waals surface area contributed by atoms with Crippen molar-refractivity contribution in [3.05, 3.63) is 76.3 Å². The molecule has 0 bridgehead atoms. The van der Waals surface area contributed by atoms with Crippen molar-refractivity contribution in [3.63, 3.8) is 0 Å². The van der Waals surface area contributed by atoms with Crippen molar-refractivity contribution >= 4 is 52.3 Å². The van der Waals surface area contributed by atoms with E-state index in [4.69, 9.17) is 37.4 Å². The van der Waals surface area contributed by atoms with Crippen LogP contribution in [0.1, 0.15) is 12.0 Å². The number of nitrogens with zero attached hydrogens (tertiary/aromatic N) is 1. The molecule has 196 valence electrons. The van der Waals surface area contributed by atoms with E-state index in [9.17, 15) is 14.4 Å². The molecule has 3 aromatic carbocycles. The van der Waals surface area contributed by atoms with Crippen LogP contribution < -0.4 is 29.7 Å². The van der Waals surface area contributed by atoms with Gasteiger partial charge in [0, 0.05) is 30.2 Å². The highest BCUT2D eigenvalue weighted by Crippen LogP contribution is 2.33. The Morgan fingerprint density at radius 3 is 2.58 bits per heavy atom. The van der Waals surface area contributed by atoms with Gasteiger partial charge in [0.25, 0.3) is 5.91 Å². The molecule has 0 unspecified atom stereocenters. The molecular weight excluding hydrogens is 533 g/mol. The van der Waals surface area contributed by atoms with Gasteiger partial charge in [0.15, 0.2) is 18.1 Å². The minimum absolute atomic E-state index is 0.124. The highest BCUT2D eigenvalue weighted by Gasteiger charge is 2.35. The van der Waals surface area contributed by atoms with E-state index in [1.807, 2.05) is 12.1 Å². The molecule has 0 aromatic heterocycles. The van der Waals surface area contributed by atoms with Crippen LogP contribution in [0.3, 0.4) is 0 Å². The average Bonchev–Trinajstić information content (AvgIpc) is 3.54. The number of halogens is 2. The normalized spacial score (nSPS) is 15.9. The van der Waals surface area contributed by atoms with Crippen LogP contribution in [0.5, 0.6) is 17.2 Å². The van der Waals surface area contributed by atoms with Gasteiger partial charge in [-0.15, -0.1) is 0 Å². The zero-order valence-electron chi connectivity index (χ0n) is 20.0. The molecular formula is C27H23Cl2N3O6. The van der Waals surface area contributed by atoms with Crippen LogP contribution >= 0.6 is 23.2 Å². The zero-order chi connectivity index (χ0) is 26.6. The van der Waals surface area contributed by atoms with Crippen molar-refractivity contribution < 1.29 is 28.6 Å². The standard InChI is InChI=1S/C27H23Cl2N3O6/c28-18-2-7-22(21(29)11-18)31-25(33)14-36-20-5-3-19(4-6-20)32-13-17(10-26(32)34)27(35)30-12-16-1-8-23-24(9-16)38-15-37-23/h1-9,11,17H,10,12-15H2,(H,30,35)(H,31,33)/t17-/m0/s1. The quantitative estimate of drug-likeness (QED) is 0.426. The Hall–Kier alpha value is -3.95. The predicted molar refractivity (Wildman–Crippen MR) is 142 cm³/mol. The number of anilines is 2. The second kappa shape index (κ2) is 11.2. The summed E-state index contributed by atoms with van der Waals surface area (Å²) in [5.41, 5.74) is 1.96. The largest absolute Gasteiger partial charge is 0.484 e. The first-order chi connectivity index (χ1) is 18.4. The minimum Gasteiger partial charge on any atom is -0.484 e. The summed E-state index contributed by atoms with van der Waals surface area (Å²) in [7, 11) is 0. The summed E-state index contributed by atoms with van der Waals surface area (Å²) in [4.78, 5) is 39.1. The van der Waals surface area contributed by atoms with Crippen molar-refractivity contribution in [1.82, 2.24) is 5.32 Å². The molecule has 0 saturated carbocycles. The van der Waals surface area contributed by atoms with Gasteiger partial charge in [-0.3, -0.25) is 14.4 Å². The van der Waals surface area contributed by atoms with E-state index in [0.717, 1.165) is 5.56 Å². The first-order valence-corrected chi connectivity index (χ1v) is 12.6. The van der Waals surface area contributed by atoms with E-state index in [1.165, 1.54) is 6.07 Å². The fourth-order valence-corrected chi connectivity index (χ4v) is 4.62. The molecule has 38 heavy (non-hydrogen) atoms. The molecule has 2 heterocycles. The van der Waals surface area contributed by atoms with E-state index in [2.05, 4.69) is 10.6 Å². The van der Waals surface area contributed by atoms with E-state index >= 15 is 0 Å². The molecule has 2 aliphatic heterocycles. The number of carbonyl (C=O) groups excluding carboxylic acids is 3. The Bertz CT molecular complexity index is 1380. The van der Waals surface area contributed by atoms with Crippen LogP contribution in [0, 0.1) is 5.92 Å². The Balaban J connectivity index is 1.11. The fraction of sp³-hybridized carbons (Fsp3) is 0.222. The van der Waals surface area contributed by atoms with Crippen molar-refractivity contribution in [2.75, 3.05) is 30.2 Å². The fourth-order valence-electron chi connectivity index (χ4n) is 4.17. The van der Waals surface area contributed by atoms with Crippen molar-refractivity contribution in [2.45, 2.75) is 13.0 Å². The first-order valence-electron chi connectivity index (χ1n) is 11.8. The minimum atomic E-state index is -0.462. The Labute approximate surface area is 228 Å². The van der Waals surface area contributed by atoms with E-state index in [1.54, 1.807) is 47.4 Å². The number of hydrogen-bond donors (Lipinski definition) is 2. The highest BCUT2D eigenvalue weighted by molar-refractivity contribution is 6.36.